The van der Waals surface area contributed by atoms with E-state index in [0.717, 1.165) is 22.9 Å². The van der Waals surface area contributed by atoms with E-state index >= 15 is 0 Å². The molecule has 0 radical (unpaired) electrons. The predicted molar refractivity (Wildman–Crippen MR) is 76.7 cm³/mol. The molecule has 4 nitrogen and oxygen atoms in total. The van der Waals surface area contributed by atoms with Gasteiger partial charge in [0.1, 0.15) is 5.75 Å². The molecule has 0 atom stereocenters. The van der Waals surface area contributed by atoms with Gasteiger partial charge in [0.05, 0.1) is 11.5 Å². The van der Waals surface area contributed by atoms with E-state index in [1.54, 1.807) is 18.2 Å². The zero-order valence-corrected chi connectivity index (χ0v) is 10.8. The number of benzene rings is 2. The molecule has 0 unspecified atom stereocenters. The van der Waals surface area contributed by atoms with Crippen molar-refractivity contribution >= 4 is 50.4 Å². The summed E-state index contributed by atoms with van der Waals surface area (Å²) in [5.74, 6) is 0.754. The molecule has 2 aromatic rings. The van der Waals surface area contributed by atoms with Crippen molar-refractivity contribution in [3.8, 4) is 5.75 Å². The summed E-state index contributed by atoms with van der Waals surface area (Å²) < 4.78 is 36.5. The van der Waals surface area contributed by atoms with Crippen molar-refractivity contribution in [3.05, 3.63) is 36.4 Å². The van der Waals surface area contributed by atoms with Crippen LogP contribution in [-0.2, 0) is 10.1 Å². The average molecular weight is 290 g/mol. The molecule has 0 spiro atoms. The van der Waals surface area contributed by atoms with Gasteiger partial charge in [0.2, 0.25) is 0 Å². The Morgan fingerprint density at radius 3 is 2.37 bits per heavy atom. The first-order valence-electron chi connectivity index (χ1n) is 5.65. The Bertz CT molecular complexity index is 667. The summed E-state index contributed by atoms with van der Waals surface area (Å²) in [6.45, 7) is 2.67. The van der Waals surface area contributed by atoms with E-state index in [4.69, 9.17) is 9.29 Å². The molecule has 98 valence electrons. The standard InChI is InChI=1S/C13H14O4S.Na.H/c1-2-7-17-12-5-3-11-9-13(18(14,15)16)6-4-10(11)8-12;;/h3-6,8-9H,2,7H2,1H3,(H,14,15,16);;. The monoisotopic (exact) mass is 290 g/mol. The van der Waals surface area contributed by atoms with Gasteiger partial charge in [0.25, 0.3) is 10.1 Å². The Labute approximate surface area is 134 Å². The predicted octanol–water partition coefficient (Wildman–Crippen LogP) is 2.23. The topological polar surface area (TPSA) is 63.6 Å². The molecule has 19 heavy (non-hydrogen) atoms. The average Bonchev–Trinajstić information content (AvgIpc) is 2.34. The molecule has 0 aliphatic rings. The van der Waals surface area contributed by atoms with Crippen LogP contribution in [0.4, 0.5) is 0 Å². The second kappa shape index (κ2) is 6.72. The number of hydrogen-bond donors (Lipinski definition) is 1. The van der Waals surface area contributed by atoms with Crippen molar-refractivity contribution in [2.24, 2.45) is 0 Å². The van der Waals surface area contributed by atoms with Gasteiger partial charge >= 0.3 is 29.6 Å². The Morgan fingerprint density at radius 1 is 1.11 bits per heavy atom. The van der Waals surface area contributed by atoms with Gasteiger partial charge < -0.3 is 4.74 Å². The molecule has 1 N–H and O–H groups in total. The van der Waals surface area contributed by atoms with Gasteiger partial charge in [-0.2, -0.15) is 8.42 Å². The van der Waals surface area contributed by atoms with Crippen LogP contribution in [-0.4, -0.2) is 49.1 Å². The molecule has 0 aromatic heterocycles. The van der Waals surface area contributed by atoms with Gasteiger partial charge in [-0.1, -0.05) is 19.1 Å². The summed E-state index contributed by atoms with van der Waals surface area (Å²) >= 11 is 0. The number of ether oxygens (including phenoxy) is 1. The molecule has 0 heterocycles. The van der Waals surface area contributed by atoms with Gasteiger partial charge in [-0.25, -0.2) is 0 Å². The van der Waals surface area contributed by atoms with Gasteiger partial charge in [0.15, 0.2) is 0 Å². The maximum atomic E-state index is 11.0. The molecule has 0 aliphatic heterocycles. The van der Waals surface area contributed by atoms with Crippen molar-refractivity contribution < 1.29 is 17.7 Å². The summed E-state index contributed by atoms with van der Waals surface area (Å²) in [5.41, 5.74) is 0. The van der Waals surface area contributed by atoms with Crippen LogP contribution in [0.25, 0.3) is 10.8 Å². The molecule has 0 bridgehead atoms. The Kier molecular flexibility index (Phi) is 5.82. The molecule has 6 heteroatoms. The third-order valence-electron chi connectivity index (χ3n) is 2.55. The summed E-state index contributed by atoms with van der Waals surface area (Å²) in [5, 5.41) is 1.62. The molecule has 0 aliphatic carbocycles. The second-order valence-corrected chi connectivity index (χ2v) is 5.42. The van der Waals surface area contributed by atoms with Crippen LogP contribution in [0.15, 0.2) is 41.3 Å². The molecule has 2 aromatic carbocycles. The van der Waals surface area contributed by atoms with E-state index in [0.29, 0.717) is 6.61 Å². The summed E-state index contributed by atoms with van der Waals surface area (Å²) in [7, 11) is -4.15. The fourth-order valence-electron chi connectivity index (χ4n) is 1.67. The first-order chi connectivity index (χ1) is 8.50. The normalized spacial score (nSPS) is 11.1. The van der Waals surface area contributed by atoms with Crippen LogP contribution < -0.4 is 4.74 Å². The molecule has 0 fully saturated rings. The molecule has 0 saturated carbocycles. The van der Waals surface area contributed by atoms with Crippen molar-refractivity contribution in [1.82, 2.24) is 0 Å². The molecular weight excluding hydrogens is 275 g/mol. The number of rotatable bonds is 4. The quantitative estimate of drug-likeness (QED) is 0.693. The van der Waals surface area contributed by atoms with Crippen molar-refractivity contribution in [1.29, 1.82) is 0 Å². The van der Waals surface area contributed by atoms with Crippen molar-refractivity contribution in [3.63, 3.8) is 0 Å². The van der Waals surface area contributed by atoms with Crippen molar-refractivity contribution in [2.75, 3.05) is 6.61 Å². The van der Waals surface area contributed by atoms with E-state index in [1.807, 2.05) is 13.0 Å². The van der Waals surface area contributed by atoms with Gasteiger partial charge in [-0.3, -0.25) is 4.55 Å². The number of fused-ring (bicyclic) bond motifs is 1. The van der Waals surface area contributed by atoms with Gasteiger partial charge in [-0.15, -0.1) is 0 Å². The van der Waals surface area contributed by atoms with Gasteiger partial charge in [0, 0.05) is 0 Å². The van der Waals surface area contributed by atoms with Crippen LogP contribution in [0.3, 0.4) is 0 Å². The molecule has 2 rings (SSSR count). The fraction of sp³-hybridized carbons (Fsp3) is 0.231. The van der Waals surface area contributed by atoms with Crippen LogP contribution in [0.5, 0.6) is 5.75 Å². The van der Waals surface area contributed by atoms with E-state index in [1.165, 1.54) is 12.1 Å². The Balaban J connectivity index is 0.00000180. The molecular formula is C13H15NaO4S. The van der Waals surface area contributed by atoms with Crippen LogP contribution in [0.2, 0.25) is 0 Å². The minimum atomic E-state index is -4.15. The fourth-order valence-corrected chi connectivity index (χ4v) is 2.19. The second-order valence-electron chi connectivity index (χ2n) is 3.99. The zero-order valence-electron chi connectivity index (χ0n) is 9.96. The van der Waals surface area contributed by atoms with Crippen LogP contribution in [0, 0.1) is 0 Å². The van der Waals surface area contributed by atoms with E-state index in [9.17, 15) is 8.42 Å². The third-order valence-corrected chi connectivity index (χ3v) is 3.40. The minimum absolute atomic E-state index is 0. The summed E-state index contributed by atoms with van der Waals surface area (Å²) in [6.07, 6.45) is 0.930. The summed E-state index contributed by atoms with van der Waals surface area (Å²) in [4.78, 5) is -0.0998. The Hall–Kier alpha value is -0.590. The SMILES string of the molecule is CCCOc1ccc2cc(S(=O)(=O)O)ccc2c1.[NaH]. The van der Waals surface area contributed by atoms with Crippen LogP contribution in [0.1, 0.15) is 13.3 Å². The van der Waals surface area contributed by atoms with Crippen LogP contribution >= 0.6 is 0 Å². The first-order valence-corrected chi connectivity index (χ1v) is 7.09. The van der Waals surface area contributed by atoms with Crippen molar-refractivity contribution in [2.45, 2.75) is 18.2 Å². The summed E-state index contributed by atoms with van der Waals surface area (Å²) in [6, 6.07) is 9.87. The van der Waals surface area contributed by atoms with Gasteiger partial charge in [-0.05, 0) is 41.5 Å². The van der Waals surface area contributed by atoms with E-state index in [2.05, 4.69) is 0 Å². The molecule has 0 saturated heterocycles. The van der Waals surface area contributed by atoms with E-state index < -0.39 is 10.1 Å². The first kappa shape index (κ1) is 16.5. The van der Waals surface area contributed by atoms with E-state index in [-0.39, 0.29) is 34.5 Å². The third kappa shape index (κ3) is 4.19. The number of hydrogen-bond acceptors (Lipinski definition) is 3. The zero-order chi connectivity index (χ0) is 13.2. The maximum absolute atomic E-state index is 11.0. The molecule has 0 amide bonds. The Morgan fingerprint density at radius 2 is 1.74 bits per heavy atom.